The Labute approximate surface area is 201 Å². The van der Waals surface area contributed by atoms with Crippen molar-refractivity contribution in [3.8, 4) is 0 Å². The van der Waals surface area contributed by atoms with Gasteiger partial charge in [-0.3, -0.25) is 24.2 Å². The highest BCUT2D eigenvalue weighted by molar-refractivity contribution is 8.26. The number of hydrogen-bond acceptors (Lipinski definition) is 6. The number of carbonyl (C=O) groups is 3. The van der Waals surface area contributed by atoms with E-state index < -0.39 is 0 Å². The molecule has 2 heterocycles. The minimum absolute atomic E-state index is 0.165. The molecule has 0 spiro atoms. The van der Waals surface area contributed by atoms with Crippen LogP contribution in [0.15, 0.2) is 53.4 Å². The largest absolute Gasteiger partial charge is 0.385 e. The molecule has 0 atom stereocenters. The molecular formula is C24H23N3O4S2. The standard InChI is InChI=1S/C24H23N3O4S2/c1-15-8-10-16(11-9-15)25-19(28)14-27-18-7-4-3-6-17(18)20(22(27)29)21-23(30)26(24(32)33-21)12-5-13-31-2/h3-4,6-11H,5,12-14H2,1-2H3,(H,25,28)/b21-20+. The van der Waals surface area contributed by atoms with E-state index in [1.54, 1.807) is 31.4 Å². The Morgan fingerprint density at radius 2 is 1.79 bits per heavy atom. The molecule has 170 valence electrons. The number of amides is 3. The first kappa shape index (κ1) is 23.2. The molecule has 1 saturated heterocycles. The van der Waals surface area contributed by atoms with Gasteiger partial charge in [0.1, 0.15) is 10.9 Å². The van der Waals surface area contributed by atoms with Crippen molar-refractivity contribution in [1.29, 1.82) is 0 Å². The molecule has 0 bridgehead atoms. The van der Waals surface area contributed by atoms with Crippen molar-refractivity contribution in [3.05, 3.63) is 64.6 Å². The second-order valence-electron chi connectivity index (χ2n) is 7.70. The number of benzene rings is 2. The Hall–Kier alpha value is -3.01. The molecule has 7 nitrogen and oxygen atoms in total. The van der Waals surface area contributed by atoms with E-state index in [4.69, 9.17) is 17.0 Å². The zero-order valence-corrected chi connectivity index (χ0v) is 19.9. The lowest BCUT2D eigenvalue weighted by molar-refractivity contribution is -0.122. The Kier molecular flexibility index (Phi) is 6.92. The summed E-state index contributed by atoms with van der Waals surface area (Å²) in [6, 6.07) is 14.6. The van der Waals surface area contributed by atoms with Crippen molar-refractivity contribution in [2.45, 2.75) is 13.3 Å². The minimum Gasteiger partial charge on any atom is -0.385 e. The zero-order valence-electron chi connectivity index (χ0n) is 18.3. The number of methoxy groups -OCH3 is 1. The van der Waals surface area contributed by atoms with Crippen LogP contribution in [-0.4, -0.2) is 53.7 Å². The molecule has 33 heavy (non-hydrogen) atoms. The van der Waals surface area contributed by atoms with Gasteiger partial charge in [-0.05, 0) is 31.5 Å². The fraction of sp³-hybridized carbons (Fsp3) is 0.250. The molecular weight excluding hydrogens is 458 g/mol. The maximum absolute atomic E-state index is 13.4. The monoisotopic (exact) mass is 481 g/mol. The lowest BCUT2D eigenvalue weighted by Gasteiger charge is -2.17. The quantitative estimate of drug-likeness (QED) is 0.370. The number of thioether (sulfide) groups is 1. The molecule has 9 heteroatoms. The molecule has 0 unspecified atom stereocenters. The summed E-state index contributed by atoms with van der Waals surface area (Å²) in [5.41, 5.74) is 3.26. The number of carbonyl (C=O) groups excluding carboxylic acids is 3. The van der Waals surface area contributed by atoms with Gasteiger partial charge < -0.3 is 10.1 Å². The molecule has 4 rings (SSSR count). The highest BCUT2D eigenvalue weighted by Crippen LogP contribution is 2.44. The number of nitrogens with one attached hydrogen (secondary N) is 1. The van der Waals surface area contributed by atoms with Crippen LogP contribution in [0.25, 0.3) is 5.57 Å². The van der Waals surface area contributed by atoms with Gasteiger partial charge >= 0.3 is 0 Å². The Bertz CT molecular complexity index is 1160. The number of anilines is 2. The van der Waals surface area contributed by atoms with Crippen LogP contribution in [0.4, 0.5) is 11.4 Å². The van der Waals surface area contributed by atoms with E-state index >= 15 is 0 Å². The molecule has 0 saturated carbocycles. The average molecular weight is 482 g/mol. The van der Waals surface area contributed by atoms with Crippen molar-refractivity contribution in [2.75, 3.05) is 37.0 Å². The van der Waals surface area contributed by atoms with Gasteiger partial charge in [0.2, 0.25) is 5.91 Å². The van der Waals surface area contributed by atoms with Gasteiger partial charge in [-0.25, -0.2) is 0 Å². The normalized spacial score (nSPS) is 17.7. The summed E-state index contributed by atoms with van der Waals surface area (Å²) >= 11 is 6.53. The van der Waals surface area contributed by atoms with Gasteiger partial charge in [0.15, 0.2) is 0 Å². The van der Waals surface area contributed by atoms with E-state index in [2.05, 4.69) is 5.32 Å². The predicted octanol–water partition coefficient (Wildman–Crippen LogP) is 3.59. The van der Waals surface area contributed by atoms with Gasteiger partial charge in [-0.2, -0.15) is 0 Å². The fourth-order valence-corrected chi connectivity index (χ4v) is 5.13. The number of rotatable bonds is 7. The van der Waals surface area contributed by atoms with Crippen molar-refractivity contribution in [1.82, 2.24) is 4.90 Å². The van der Waals surface area contributed by atoms with Crippen molar-refractivity contribution in [3.63, 3.8) is 0 Å². The lowest BCUT2D eigenvalue weighted by atomic mass is 10.1. The highest BCUT2D eigenvalue weighted by Gasteiger charge is 2.42. The van der Waals surface area contributed by atoms with Crippen LogP contribution < -0.4 is 10.2 Å². The topological polar surface area (TPSA) is 79.0 Å². The number of aryl methyl sites for hydroxylation is 1. The van der Waals surface area contributed by atoms with Crippen LogP contribution in [0.2, 0.25) is 0 Å². The van der Waals surface area contributed by atoms with Gasteiger partial charge in [-0.1, -0.05) is 59.9 Å². The third-order valence-electron chi connectivity index (χ3n) is 5.37. The Balaban J connectivity index is 1.59. The smallest absolute Gasteiger partial charge is 0.267 e. The second kappa shape index (κ2) is 9.86. The first-order chi connectivity index (χ1) is 15.9. The van der Waals surface area contributed by atoms with E-state index in [0.29, 0.717) is 51.3 Å². The third-order valence-corrected chi connectivity index (χ3v) is 6.81. The van der Waals surface area contributed by atoms with Gasteiger partial charge in [-0.15, -0.1) is 0 Å². The van der Waals surface area contributed by atoms with Gasteiger partial charge in [0.05, 0.1) is 16.2 Å². The van der Waals surface area contributed by atoms with E-state index in [0.717, 1.165) is 17.3 Å². The summed E-state index contributed by atoms with van der Waals surface area (Å²) in [5, 5.41) is 2.82. The Morgan fingerprint density at radius 3 is 2.52 bits per heavy atom. The summed E-state index contributed by atoms with van der Waals surface area (Å²) < 4.78 is 5.48. The van der Waals surface area contributed by atoms with Gasteiger partial charge in [0, 0.05) is 31.5 Å². The highest BCUT2D eigenvalue weighted by atomic mass is 32.2. The predicted molar refractivity (Wildman–Crippen MR) is 134 cm³/mol. The van der Waals surface area contributed by atoms with Crippen molar-refractivity contribution in [2.24, 2.45) is 0 Å². The molecule has 0 aliphatic carbocycles. The SMILES string of the molecule is COCCCN1C(=O)/C(=C2\C(=O)N(CC(=O)Nc3ccc(C)cc3)c3ccccc32)SC1=S. The first-order valence-corrected chi connectivity index (χ1v) is 11.7. The number of para-hydroxylation sites is 1. The summed E-state index contributed by atoms with van der Waals surface area (Å²) in [7, 11) is 1.60. The maximum atomic E-state index is 13.4. The molecule has 3 amide bonds. The van der Waals surface area contributed by atoms with Crippen LogP contribution in [0.3, 0.4) is 0 Å². The number of hydrogen-bond donors (Lipinski definition) is 1. The van der Waals surface area contributed by atoms with Crippen LogP contribution in [-0.2, 0) is 19.1 Å². The fourth-order valence-electron chi connectivity index (χ4n) is 3.75. The lowest BCUT2D eigenvalue weighted by Crippen LogP contribution is -2.35. The molecule has 2 aromatic rings. The molecule has 1 fully saturated rings. The van der Waals surface area contributed by atoms with E-state index in [1.165, 1.54) is 9.80 Å². The summed E-state index contributed by atoms with van der Waals surface area (Å²) in [4.78, 5) is 42.5. The number of nitrogens with zero attached hydrogens (tertiary/aromatic N) is 2. The molecule has 0 radical (unpaired) electrons. The maximum Gasteiger partial charge on any atom is 0.267 e. The second-order valence-corrected chi connectivity index (χ2v) is 9.34. The average Bonchev–Trinajstić information content (AvgIpc) is 3.23. The van der Waals surface area contributed by atoms with Crippen LogP contribution in [0.5, 0.6) is 0 Å². The first-order valence-electron chi connectivity index (χ1n) is 10.5. The van der Waals surface area contributed by atoms with Gasteiger partial charge in [0.25, 0.3) is 11.8 Å². The minimum atomic E-state index is -0.382. The molecule has 0 aromatic heterocycles. The number of ether oxygens (including phenoxy) is 1. The van der Waals surface area contributed by atoms with Crippen molar-refractivity contribution < 1.29 is 19.1 Å². The molecule has 2 aliphatic heterocycles. The van der Waals surface area contributed by atoms with Crippen LogP contribution in [0, 0.1) is 6.92 Å². The summed E-state index contributed by atoms with van der Waals surface area (Å²) in [5.74, 6) is -0.992. The Morgan fingerprint density at radius 1 is 1.06 bits per heavy atom. The number of fused-ring (bicyclic) bond motifs is 1. The van der Waals surface area contributed by atoms with E-state index in [9.17, 15) is 14.4 Å². The zero-order chi connectivity index (χ0) is 23.5. The third kappa shape index (κ3) is 4.71. The molecule has 2 aliphatic rings. The van der Waals surface area contributed by atoms with Crippen LogP contribution in [0.1, 0.15) is 17.5 Å². The molecule has 1 N–H and O–H groups in total. The van der Waals surface area contributed by atoms with Crippen molar-refractivity contribution >= 4 is 63.0 Å². The summed E-state index contributed by atoms with van der Waals surface area (Å²) in [6.07, 6.45) is 0.640. The van der Waals surface area contributed by atoms with Crippen LogP contribution >= 0.6 is 24.0 Å². The van der Waals surface area contributed by atoms with E-state index in [1.807, 2.05) is 31.2 Å². The van der Waals surface area contributed by atoms with E-state index in [-0.39, 0.29) is 24.3 Å². The molecule has 2 aromatic carbocycles. The summed E-state index contributed by atoms with van der Waals surface area (Å²) in [6.45, 7) is 2.73. The number of thiocarbonyl (C=S) groups is 1.